The van der Waals surface area contributed by atoms with E-state index >= 15 is 8.78 Å². The number of ether oxygens (including phenoxy) is 2. The molecule has 0 unspecified atom stereocenters. The molecule has 0 aliphatic heterocycles. The molecular weight excluding hydrogens is 518 g/mol. The molecule has 204 valence electrons. The Hall–Kier alpha value is -3.86. The Kier molecular flexibility index (Phi) is 8.82. The number of aromatic amines is 1. The molecule has 3 aromatic rings. The first kappa shape index (κ1) is 28.7. The van der Waals surface area contributed by atoms with Gasteiger partial charge in [0, 0.05) is 23.9 Å². The monoisotopic (exact) mass is 548 g/mol. The normalized spacial score (nSPS) is 12.0. The molecule has 0 aliphatic carbocycles. The maximum absolute atomic E-state index is 15.2. The average molecular weight is 549 g/mol. The number of allylic oxidation sites excluding steroid dienone is 2. The van der Waals surface area contributed by atoms with Gasteiger partial charge in [-0.2, -0.15) is 13.8 Å². The number of halogens is 3. The van der Waals surface area contributed by atoms with Crippen LogP contribution in [0.3, 0.4) is 0 Å². The number of nitrogens with two attached hydrogens (primary N) is 1. The van der Waals surface area contributed by atoms with Crippen molar-refractivity contribution < 1.29 is 23.0 Å². The smallest absolute Gasteiger partial charge is 0.410 e. The number of aromatic nitrogens is 3. The molecule has 0 bridgehead atoms. The van der Waals surface area contributed by atoms with E-state index in [0.717, 1.165) is 6.08 Å². The van der Waals surface area contributed by atoms with Gasteiger partial charge in [-0.3, -0.25) is 0 Å². The van der Waals surface area contributed by atoms with Crippen LogP contribution < -0.4 is 15.8 Å². The minimum atomic E-state index is -3.31. The first-order valence-electron chi connectivity index (χ1n) is 11.8. The number of carbonyl (C=O) groups is 1. The van der Waals surface area contributed by atoms with Gasteiger partial charge in [0.2, 0.25) is 11.9 Å². The van der Waals surface area contributed by atoms with Crippen molar-refractivity contribution >= 4 is 35.3 Å². The van der Waals surface area contributed by atoms with E-state index < -0.39 is 17.6 Å². The van der Waals surface area contributed by atoms with Crippen molar-refractivity contribution in [2.24, 2.45) is 0 Å². The number of amides is 1. The third kappa shape index (κ3) is 7.58. The Balaban J connectivity index is 1.80. The predicted molar refractivity (Wildman–Crippen MR) is 144 cm³/mol. The molecule has 0 saturated carbocycles. The summed E-state index contributed by atoms with van der Waals surface area (Å²) in [6, 6.07) is 9.40. The van der Waals surface area contributed by atoms with Crippen LogP contribution in [0.1, 0.15) is 33.3 Å². The molecule has 2 aromatic carbocycles. The number of carbonyl (C=O) groups excluding carboxylic acids is 1. The largest absolute Gasteiger partial charge is 0.492 e. The Morgan fingerprint density at radius 2 is 1.92 bits per heavy atom. The summed E-state index contributed by atoms with van der Waals surface area (Å²) >= 11 is 6.53. The van der Waals surface area contributed by atoms with Gasteiger partial charge in [-0.15, -0.1) is 5.10 Å². The summed E-state index contributed by atoms with van der Waals surface area (Å²) in [5.41, 5.74) is 5.55. The molecule has 0 saturated heterocycles. The number of benzene rings is 2. The lowest BCUT2D eigenvalue weighted by molar-refractivity contribution is 0.0278. The summed E-state index contributed by atoms with van der Waals surface area (Å²) in [7, 11) is 1.62. The Morgan fingerprint density at radius 3 is 2.50 bits per heavy atom. The van der Waals surface area contributed by atoms with Gasteiger partial charge < -0.3 is 25.4 Å². The number of likely N-dealkylation sites (N-methyl/N-ethyl adjacent to an activating group) is 1. The number of hydrogen-bond donors (Lipinski definition) is 3. The maximum Gasteiger partial charge on any atom is 0.410 e. The van der Waals surface area contributed by atoms with Gasteiger partial charge in [0.15, 0.2) is 0 Å². The fourth-order valence-corrected chi connectivity index (χ4v) is 3.77. The lowest BCUT2D eigenvalue weighted by atomic mass is 9.94. The van der Waals surface area contributed by atoms with E-state index in [2.05, 4.69) is 20.5 Å². The number of nitrogens with one attached hydrogen (secondary N) is 2. The molecule has 38 heavy (non-hydrogen) atoms. The van der Waals surface area contributed by atoms with Crippen LogP contribution in [0.25, 0.3) is 11.1 Å². The predicted octanol–water partition coefficient (Wildman–Crippen LogP) is 6.36. The topological polar surface area (TPSA) is 118 Å². The third-order valence-corrected chi connectivity index (χ3v) is 5.43. The summed E-state index contributed by atoms with van der Waals surface area (Å²) in [5, 5.41) is 9.26. The van der Waals surface area contributed by atoms with Gasteiger partial charge in [-0.05, 0) is 63.6 Å². The average Bonchev–Trinajstić information content (AvgIpc) is 3.22. The van der Waals surface area contributed by atoms with E-state index in [1.54, 1.807) is 52.1 Å². The molecule has 1 aromatic heterocycles. The van der Waals surface area contributed by atoms with Crippen LogP contribution in [0.4, 0.5) is 31.2 Å². The van der Waals surface area contributed by atoms with Gasteiger partial charge in [0.1, 0.15) is 18.0 Å². The zero-order chi connectivity index (χ0) is 28.1. The van der Waals surface area contributed by atoms with Crippen LogP contribution in [-0.4, -0.2) is 52.0 Å². The second-order valence-corrected chi connectivity index (χ2v) is 9.85. The molecule has 3 rings (SSSR count). The highest BCUT2D eigenvalue weighted by Gasteiger charge is 2.33. The Bertz CT molecular complexity index is 1290. The van der Waals surface area contributed by atoms with E-state index in [9.17, 15) is 4.79 Å². The fraction of sp³-hybridized carbons (Fsp3) is 0.346. The third-order valence-electron chi connectivity index (χ3n) is 5.13. The summed E-state index contributed by atoms with van der Waals surface area (Å²) in [5.74, 6) is -2.62. The van der Waals surface area contributed by atoms with Crippen molar-refractivity contribution in [2.45, 2.75) is 39.2 Å². The van der Waals surface area contributed by atoms with E-state index in [1.165, 1.54) is 30.0 Å². The van der Waals surface area contributed by atoms with Gasteiger partial charge in [-0.25, -0.2) is 9.89 Å². The van der Waals surface area contributed by atoms with Gasteiger partial charge in [-0.1, -0.05) is 29.8 Å². The standard InChI is InChI=1S/C26H31ClF2N6O3/c1-6-11-26(28,29)19-14-17(31-23-32-22(30)33-34-23)15-20(27)21(19)16-7-9-18(10-8-16)37-13-12-35(5)24(36)38-25(2,3)4/h6-11,14-15H,12-13H2,1-5H3,(H4,30,31,32,33,34). The minimum Gasteiger partial charge on any atom is -0.492 e. The lowest BCUT2D eigenvalue weighted by Crippen LogP contribution is -2.36. The molecule has 9 nitrogen and oxygen atoms in total. The number of nitrogens with zero attached hydrogens (tertiary/aromatic N) is 3. The van der Waals surface area contributed by atoms with E-state index in [1.807, 2.05) is 0 Å². The molecule has 1 amide bonds. The number of alkyl halides is 2. The van der Waals surface area contributed by atoms with Crippen molar-refractivity contribution in [2.75, 3.05) is 31.2 Å². The molecule has 0 aliphatic rings. The quantitative estimate of drug-likeness (QED) is 0.266. The number of hydrogen-bond acceptors (Lipinski definition) is 7. The molecule has 0 radical (unpaired) electrons. The van der Waals surface area contributed by atoms with Crippen LogP contribution in [0.5, 0.6) is 5.75 Å². The minimum absolute atomic E-state index is 0.0773. The number of anilines is 3. The van der Waals surface area contributed by atoms with E-state index in [-0.39, 0.29) is 40.3 Å². The van der Waals surface area contributed by atoms with Crippen LogP contribution in [0.2, 0.25) is 5.02 Å². The second-order valence-electron chi connectivity index (χ2n) is 9.45. The van der Waals surface area contributed by atoms with Gasteiger partial charge in [0.25, 0.3) is 5.92 Å². The van der Waals surface area contributed by atoms with Gasteiger partial charge in [0.05, 0.1) is 11.6 Å². The van der Waals surface area contributed by atoms with Crippen molar-refractivity contribution in [3.8, 4) is 16.9 Å². The van der Waals surface area contributed by atoms with Crippen LogP contribution in [0, 0.1) is 0 Å². The molecule has 0 atom stereocenters. The first-order valence-corrected chi connectivity index (χ1v) is 12.1. The molecule has 4 N–H and O–H groups in total. The summed E-state index contributed by atoms with van der Waals surface area (Å²) in [6.07, 6.45) is 1.62. The SMILES string of the molecule is CC=CC(F)(F)c1cc(Nc2n[nH]c(N)n2)cc(Cl)c1-c1ccc(OCCN(C)C(=O)OC(C)(C)C)cc1. The zero-order valence-corrected chi connectivity index (χ0v) is 22.6. The van der Waals surface area contributed by atoms with Crippen molar-refractivity contribution in [3.05, 3.63) is 59.1 Å². The van der Waals surface area contributed by atoms with Gasteiger partial charge >= 0.3 is 6.09 Å². The van der Waals surface area contributed by atoms with E-state index in [0.29, 0.717) is 17.9 Å². The molecule has 0 spiro atoms. The number of H-pyrrole nitrogens is 1. The summed E-state index contributed by atoms with van der Waals surface area (Å²) in [6.45, 7) is 7.40. The Morgan fingerprint density at radius 1 is 1.24 bits per heavy atom. The number of nitrogen functional groups attached to an aromatic ring is 1. The lowest BCUT2D eigenvalue weighted by Gasteiger charge is -2.24. The fourth-order valence-electron chi connectivity index (χ4n) is 3.44. The second kappa shape index (κ2) is 11.7. The highest BCUT2D eigenvalue weighted by atomic mass is 35.5. The Labute approximate surface area is 225 Å². The molecular formula is C26H31ClF2N6O3. The molecule has 12 heteroatoms. The zero-order valence-electron chi connectivity index (χ0n) is 21.8. The highest BCUT2D eigenvalue weighted by molar-refractivity contribution is 6.34. The van der Waals surface area contributed by atoms with E-state index in [4.69, 9.17) is 26.8 Å². The van der Waals surface area contributed by atoms with Crippen LogP contribution in [0.15, 0.2) is 48.6 Å². The molecule has 1 heterocycles. The first-order chi connectivity index (χ1) is 17.8. The van der Waals surface area contributed by atoms with Crippen molar-refractivity contribution in [3.63, 3.8) is 0 Å². The van der Waals surface area contributed by atoms with Crippen LogP contribution >= 0.6 is 11.6 Å². The van der Waals surface area contributed by atoms with Crippen molar-refractivity contribution in [1.82, 2.24) is 20.1 Å². The summed E-state index contributed by atoms with van der Waals surface area (Å²) < 4.78 is 41.4. The number of rotatable bonds is 9. The van der Waals surface area contributed by atoms with Crippen LogP contribution in [-0.2, 0) is 10.7 Å². The highest BCUT2D eigenvalue weighted by Crippen LogP contribution is 2.43. The summed E-state index contributed by atoms with van der Waals surface area (Å²) in [4.78, 5) is 17.4. The molecule has 0 fully saturated rings. The van der Waals surface area contributed by atoms with Crippen molar-refractivity contribution in [1.29, 1.82) is 0 Å². The maximum atomic E-state index is 15.2.